The molecule has 0 spiro atoms. The van der Waals surface area contributed by atoms with Gasteiger partial charge < -0.3 is 15.1 Å². The number of amides is 1. The molecule has 2 N–H and O–H groups in total. The summed E-state index contributed by atoms with van der Waals surface area (Å²) in [6, 6.07) is 3.76. The number of carbonyl (C=O) groups is 1. The van der Waals surface area contributed by atoms with Crippen LogP contribution < -0.4 is 10.6 Å². The van der Waals surface area contributed by atoms with Gasteiger partial charge in [-0.1, -0.05) is 13.8 Å². The number of hydrogen-bond acceptors (Lipinski definition) is 3. The summed E-state index contributed by atoms with van der Waals surface area (Å²) in [6.45, 7) is 5.47. The lowest BCUT2D eigenvalue weighted by Crippen LogP contribution is -2.34. The Bertz CT molecular complexity index is 323. The van der Waals surface area contributed by atoms with E-state index in [1.165, 1.54) is 0 Å². The minimum Gasteiger partial charge on any atom is -0.444 e. The van der Waals surface area contributed by atoms with Crippen LogP contribution >= 0.6 is 15.9 Å². The highest BCUT2D eigenvalue weighted by molar-refractivity contribution is 9.10. The summed E-state index contributed by atoms with van der Waals surface area (Å²) in [5.41, 5.74) is 0. The topological polar surface area (TPSA) is 54.3 Å². The molecule has 15 heavy (non-hydrogen) atoms. The fraction of sp³-hybridized carbons (Fsp3) is 0.500. The van der Waals surface area contributed by atoms with Crippen molar-refractivity contribution in [2.45, 2.75) is 19.9 Å². The van der Waals surface area contributed by atoms with Gasteiger partial charge in [-0.2, -0.15) is 0 Å². The van der Waals surface area contributed by atoms with Crippen molar-refractivity contribution in [3.8, 4) is 0 Å². The van der Waals surface area contributed by atoms with Crippen LogP contribution in [0.3, 0.4) is 0 Å². The Morgan fingerprint density at radius 2 is 2.20 bits per heavy atom. The third-order valence-corrected chi connectivity index (χ3v) is 2.19. The molecule has 0 unspecified atom stereocenters. The second-order valence-corrected chi connectivity index (χ2v) is 4.25. The van der Waals surface area contributed by atoms with Gasteiger partial charge in [-0.15, -0.1) is 0 Å². The number of carbonyl (C=O) groups excluding carboxylic acids is 1. The number of furan rings is 1. The number of halogens is 1. The van der Waals surface area contributed by atoms with Crippen LogP contribution in [0.1, 0.15) is 24.4 Å². The zero-order valence-electron chi connectivity index (χ0n) is 8.84. The fourth-order valence-corrected chi connectivity index (χ4v) is 1.37. The number of hydrogen-bond donors (Lipinski definition) is 2. The molecule has 0 saturated heterocycles. The second kappa shape index (κ2) is 5.92. The van der Waals surface area contributed by atoms with E-state index >= 15 is 0 Å². The maximum atomic E-state index is 11.4. The first kappa shape index (κ1) is 12.3. The minimum atomic E-state index is -0.189. The molecule has 0 saturated carbocycles. The Morgan fingerprint density at radius 3 is 2.73 bits per heavy atom. The van der Waals surface area contributed by atoms with E-state index in [-0.39, 0.29) is 5.91 Å². The van der Waals surface area contributed by atoms with Crippen molar-refractivity contribution in [1.82, 2.24) is 10.6 Å². The summed E-state index contributed by atoms with van der Waals surface area (Å²) >= 11 is 3.14. The zero-order chi connectivity index (χ0) is 11.3. The van der Waals surface area contributed by atoms with Crippen molar-refractivity contribution < 1.29 is 9.21 Å². The van der Waals surface area contributed by atoms with Crippen LogP contribution in [-0.4, -0.2) is 25.0 Å². The van der Waals surface area contributed by atoms with Crippen LogP contribution in [0.5, 0.6) is 0 Å². The van der Waals surface area contributed by atoms with E-state index in [2.05, 4.69) is 40.4 Å². The first-order valence-corrected chi connectivity index (χ1v) is 5.66. The van der Waals surface area contributed by atoms with E-state index in [9.17, 15) is 4.79 Å². The van der Waals surface area contributed by atoms with Crippen molar-refractivity contribution in [1.29, 1.82) is 0 Å². The van der Waals surface area contributed by atoms with Crippen LogP contribution in [0.15, 0.2) is 21.2 Å². The van der Waals surface area contributed by atoms with Crippen LogP contribution in [0.2, 0.25) is 0 Å². The van der Waals surface area contributed by atoms with Crippen LogP contribution in [-0.2, 0) is 0 Å². The summed E-state index contributed by atoms with van der Waals surface area (Å²) in [4.78, 5) is 11.4. The molecule has 1 heterocycles. The summed E-state index contributed by atoms with van der Waals surface area (Å²) in [6.07, 6.45) is 0. The maximum Gasteiger partial charge on any atom is 0.287 e. The lowest BCUT2D eigenvalue weighted by atomic mass is 10.4. The highest BCUT2D eigenvalue weighted by Crippen LogP contribution is 2.13. The molecular weight excluding hydrogens is 260 g/mol. The third kappa shape index (κ3) is 4.48. The molecule has 0 fully saturated rings. The average Bonchev–Trinajstić information content (AvgIpc) is 2.59. The predicted molar refractivity (Wildman–Crippen MR) is 61.9 cm³/mol. The highest BCUT2D eigenvalue weighted by Gasteiger charge is 2.08. The fourth-order valence-electron chi connectivity index (χ4n) is 1.06. The van der Waals surface area contributed by atoms with Gasteiger partial charge in [0.05, 0.1) is 0 Å². The van der Waals surface area contributed by atoms with E-state index in [4.69, 9.17) is 4.42 Å². The number of nitrogens with one attached hydrogen (secondary N) is 2. The summed E-state index contributed by atoms with van der Waals surface area (Å²) in [5, 5.41) is 5.95. The van der Waals surface area contributed by atoms with Gasteiger partial charge in [-0.25, -0.2) is 0 Å². The van der Waals surface area contributed by atoms with Crippen LogP contribution in [0, 0.1) is 0 Å². The largest absolute Gasteiger partial charge is 0.444 e. The van der Waals surface area contributed by atoms with Crippen molar-refractivity contribution in [3.63, 3.8) is 0 Å². The van der Waals surface area contributed by atoms with E-state index in [0.717, 1.165) is 6.54 Å². The molecule has 0 aliphatic carbocycles. The van der Waals surface area contributed by atoms with Crippen LogP contribution in [0.4, 0.5) is 0 Å². The monoisotopic (exact) mass is 274 g/mol. The lowest BCUT2D eigenvalue weighted by molar-refractivity contribution is 0.0924. The van der Waals surface area contributed by atoms with E-state index in [0.29, 0.717) is 23.0 Å². The lowest BCUT2D eigenvalue weighted by Gasteiger charge is -2.07. The molecule has 0 bridgehead atoms. The Hall–Kier alpha value is -0.810. The van der Waals surface area contributed by atoms with Gasteiger partial charge >= 0.3 is 0 Å². The van der Waals surface area contributed by atoms with Crippen molar-refractivity contribution >= 4 is 21.8 Å². The van der Waals surface area contributed by atoms with Gasteiger partial charge in [-0.3, -0.25) is 4.79 Å². The van der Waals surface area contributed by atoms with Crippen LogP contribution in [0.25, 0.3) is 0 Å². The van der Waals surface area contributed by atoms with Crippen molar-refractivity contribution in [3.05, 3.63) is 22.6 Å². The first-order chi connectivity index (χ1) is 7.09. The first-order valence-electron chi connectivity index (χ1n) is 4.86. The van der Waals surface area contributed by atoms with Crippen molar-refractivity contribution in [2.75, 3.05) is 13.1 Å². The highest BCUT2D eigenvalue weighted by atomic mass is 79.9. The van der Waals surface area contributed by atoms with Gasteiger partial charge in [0, 0.05) is 19.1 Å². The molecule has 1 amide bonds. The predicted octanol–water partition coefficient (Wildman–Crippen LogP) is 1.77. The molecule has 5 heteroatoms. The smallest absolute Gasteiger partial charge is 0.287 e. The molecule has 0 radical (unpaired) electrons. The standard InChI is InChI=1S/C10H15BrN2O2/c1-7(2)12-5-6-13-10(14)8-3-4-9(11)15-8/h3-4,7,12H,5-6H2,1-2H3,(H,13,14). The van der Waals surface area contributed by atoms with Gasteiger partial charge in [0.2, 0.25) is 0 Å². The molecule has 1 rings (SSSR count). The quantitative estimate of drug-likeness (QED) is 0.805. The molecule has 0 aliphatic heterocycles. The SMILES string of the molecule is CC(C)NCCNC(=O)c1ccc(Br)o1. The Labute approximate surface area is 97.5 Å². The Morgan fingerprint density at radius 1 is 1.47 bits per heavy atom. The molecule has 0 aromatic carbocycles. The minimum absolute atomic E-state index is 0.189. The van der Waals surface area contributed by atoms with Gasteiger partial charge in [0.15, 0.2) is 10.4 Å². The van der Waals surface area contributed by atoms with Gasteiger partial charge in [0.25, 0.3) is 5.91 Å². The molecule has 0 aliphatic rings. The summed E-state index contributed by atoms with van der Waals surface area (Å²) in [5.74, 6) is 0.137. The van der Waals surface area contributed by atoms with E-state index < -0.39 is 0 Å². The van der Waals surface area contributed by atoms with Gasteiger partial charge in [-0.05, 0) is 28.1 Å². The molecule has 0 atom stereocenters. The van der Waals surface area contributed by atoms with Gasteiger partial charge in [0.1, 0.15) is 0 Å². The molecule has 1 aromatic heterocycles. The van der Waals surface area contributed by atoms with Crippen molar-refractivity contribution in [2.24, 2.45) is 0 Å². The summed E-state index contributed by atoms with van der Waals surface area (Å²) < 4.78 is 5.67. The third-order valence-electron chi connectivity index (χ3n) is 1.76. The molecule has 1 aromatic rings. The zero-order valence-corrected chi connectivity index (χ0v) is 10.4. The second-order valence-electron chi connectivity index (χ2n) is 3.47. The van der Waals surface area contributed by atoms with E-state index in [1.807, 2.05) is 0 Å². The molecule has 84 valence electrons. The number of rotatable bonds is 5. The molecular formula is C10H15BrN2O2. The molecule has 4 nitrogen and oxygen atoms in total. The Kier molecular flexibility index (Phi) is 4.84. The normalized spacial score (nSPS) is 10.7. The Balaban J connectivity index is 2.25. The van der Waals surface area contributed by atoms with E-state index in [1.54, 1.807) is 12.1 Å². The maximum absolute atomic E-state index is 11.4. The summed E-state index contributed by atoms with van der Waals surface area (Å²) in [7, 11) is 0. The average molecular weight is 275 g/mol.